The first-order chi connectivity index (χ1) is 8.69. The fraction of sp³-hybridized carbons (Fsp3) is 0.214. The van der Waals surface area contributed by atoms with Gasteiger partial charge in [-0.05, 0) is 48.9 Å². The van der Waals surface area contributed by atoms with Crippen LogP contribution in [0.4, 0.5) is 5.82 Å². The molecule has 0 spiro atoms. The van der Waals surface area contributed by atoms with Crippen molar-refractivity contribution in [2.24, 2.45) is 0 Å². The van der Waals surface area contributed by atoms with E-state index in [1.807, 2.05) is 37.4 Å². The molecule has 94 valence electrons. The fourth-order valence-corrected chi connectivity index (χ4v) is 2.17. The molecule has 1 aromatic heterocycles. The molecule has 1 atom stereocenters. The van der Waals surface area contributed by atoms with E-state index in [9.17, 15) is 0 Å². The number of anilines is 1. The highest BCUT2D eigenvalue weighted by Crippen LogP contribution is 2.21. The Labute approximate surface area is 112 Å². The molecule has 3 nitrogen and oxygen atoms in total. The summed E-state index contributed by atoms with van der Waals surface area (Å²) >= 11 is 6.02. The Kier molecular flexibility index (Phi) is 4.18. The summed E-state index contributed by atoms with van der Waals surface area (Å²) in [7, 11) is 1.94. The average Bonchev–Trinajstić information content (AvgIpc) is 2.36. The molecule has 4 heteroatoms. The van der Waals surface area contributed by atoms with Gasteiger partial charge in [0, 0.05) is 17.3 Å². The molecule has 1 unspecified atom stereocenters. The Balaban J connectivity index is 2.19. The smallest absolute Gasteiger partial charge is 0.123 e. The normalized spacial score (nSPS) is 12.3. The number of benzene rings is 1. The van der Waals surface area contributed by atoms with Crippen molar-refractivity contribution in [2.75, 3.05) is 12.8 Å². The monoisotopic (exact) mass is 261 g/mol. The first kappa shape index (κ1) is 12.9. The van der Waals surface area contributed by atoms with Gasteiger partial charge in [-0.25, -0.2) is 4.98 Å². The van der Waals surface area contributed by atoms with Crippen molar-refractivity contribution in [3.05, 3.63) is 58.7 Å². The molecule has 0 aliphatic rings. The second kappa shape index (κ2) is 5.85. The molecule has 0 saturated carbocycles. The number of hydrogen-bond donors (Lipinski definition) is 2. The number of aromatic nitrogens is 1. The molecule has 0 saturated heterocycles. The van der Waals surface area contributed by atoms with Gasteiger partial charge < -0.3 is 11.1 Å². The molecule has 2 rings (SSSR count). The van der Waals surface area contributed by atoms with Gasteiger partial charge in [0.1, 0.15) is 5.82 Å². The minimum atomic E-state index is 0.213. The molecule has 18 heavy (non-hydrogen) atoms. The quantitative estimate of drug-likeness (QED) is 0.890. The van der Waals surface area contributed by atoms with Crippen LogP contribution < -0.4 is 11.1 Å². The zero-order chi connectivity index (χ0) is 13.0. The largest absolute Gasteiger partial charge is 0.384 e. The summed E-state index contributed by atoms with van der Waals surface area (Å²) in [6.45, 7) is 0. The molecule has 1 aromatic carbocycles. The Morgan fingerprint density at radius 3 is 2.83 bits per heavy atom. The van der Waals surface area contributed by atoms with Crippen LogP contribution in [-0.4, -0.2) is 12.0 Å². The van der Waals surface area contributed by atoms with Crippen molar-refractivity contribution >= 4 is 17.4 Å². The fourth-order valence-electron chi connectivity index (χ4n) is 1.97. The number of nitrogens with two attached hydrogens (primary N) is 1. The van der Waals surface area contributed by atoms with Crippen LogP contribution in [0.2, 0.25) is 5.02 Å². The van der Waals surface area contributed by atoms with E-state index >= 15 is 0 Å². The predicted molar refractivity (Wildman–Crippen MR) is 75.6 cm³/mol. The first-order valence-corrected chi connectivity index (χ1v) is 6.20. The standard InChI is InChI=1S/C14H16ClN3/c1-17-13(11-3-2-4-12(15)9-11)7-10-5-6-18-14(16)8-10/h2-6,8-9,13,17H,7H2,1H3,(H2,16,18). The van der Waals surface area contributed by atoms with Gasteiger partial charge in [-0.1, -0.05) is 23.7 Å². The van der Waals surface area contributed by atoms with Crippen LogP contribution in [0.5, 0.6) is 0 Å². The van der Waals surface area contributed by atoms with Crippen molar-refractivity contribution in [2.45, 2.75) is 12.5 Å². The Bertz CT molecular complexity index is 528. The number of pyridine rings is 1. The third-order valence-corrected chi connectivity index (χ3v) is 3.12. The van der Waals surface area contributed by atoms with E-state index < -0.39 is 0 Å². The number of rotatable bonds is 4. The van der Waals surface area contributed by atoms with Crippen LogP contribution >= 0.6 is 11.6 Å². The molecule has 2 aromatic rings. The van der Waals surface area contributed by atoms with E-state index in [0.717, 1.165) is 17.0 Å². The number of nitrogens with one attached hydrogen (secondary N) is 1. The van der Waals surface area contributed by atoms with Gasteiger partial charge in [0.25, 0.3) is 0 Å². The third-order valence-electron chi connectivity index (χ3n) is 2.88. The highest BCUT2D eigenvalue weighted by molar-refractivity contribution is 6.30. The van der Waals surface area contributed by atoms with Crippen molar-refractivity contribution < 1.29 is 0 Å². The molecule has 3 N–H and O–H groups in total. The summed E-state index contributed by atoms with van der Waals surface area (Å²) in [6, 6.07) is 12.0. The van der Waals surface area contributed by atoms with Gasteiger partial charge in [0.15, 0.2) is 0 Å². The first-order valence-electron chi connectivity index (χ1n) is 5.82. The molecule has 0 bridgehead atoms. The number of nitrogen functional groups attached to an aromatic ring is 1. The van der Waals surface area contributed by atoms with Gasteiger partial charge >= 0.3 is 0 Å². The summed E-state index contributed by atoms with van der Waals surface area (Å²) < 4.78 is 0. The van der Waals surface area contributed by atoms with E-state index in [4.69, 9.17) is 17.3 Å². The van der Waals surface area contributed by atoms with Crippen LogP contribution in [0.1, 0.15) is 17.2 Å². The number of hydrogen-bond acceptors (Lipinski definition) is 3. The number of nitrogens with zero attached hydrogens (tertiary/aromatic N) is 1. The molecule has 0 amide bonds. The summed E-state index contributed by atoms with van der Waals surface area (Å²) in [5, 5.41) is 4.05. The third kappa shape index (κ3) is 3.22. The van der Waals surface area contributed by atoms with Crippen molar-refractivity contribution in [3.63, 3.8) is 0 Å². The van der Waals surface area contributed by atoms with E-state index in [0.29, 0.717) is 5.82 Å². The molecule has 1 heterocycles. The van der Waals surface area contributed by atoms with Crippen molar-refractivity contribution in [3.8, 4) is 0 Å². The van der Waals surface area contributed by atoms with E-state index in [2.05, 4.69) is 16.4 Å². The second-order valence-electron chi connectivity index (χ2n) is 4.19. The molecule has 0 fully saturated rings. The zero-order valence-corrected chi connectivity index (χ0v) is 11.0. The van der Waals surface area contributed by atoms with Gasteiger partial charge in [0.05, 0.1) is 0 Å². The minimum Gasteiger partial charge on any atom is -0.384 e. The molecule has 0 radical (unpaired) electrons. The minimum absolute atomic E-state index is 0.213. The Morgan fingerprint density at radius 2 is 2.17 bits per heavy atom. The van der Waals surface area contributed by atoms with Crippen LogP contribution in [0.15, 0.2) is 42.6 Å². The Morgan fingerprint density at radius 1 is 1.33 bits per heavy atom. The molecular formula is C14H16ClN3. The van der Waals surface area contributed by atoms with Crippen molar-refractivity contribution in [1.82, 2.24) is 10.3 Å². The topological polar surface area (TPSA) is 50.9 Å². The van der Waals surface area contributed by atoms with Crippen LogP contribution in [0, 0.1) is 0 Å². The average molecular weight is 262 g/mol. The van der Waals surface area contributed by atoms with Crippen LogP contribution in [-0.2, 0) is 6.42 Å². The maximum atomic E-state index is 6.02. The molecular weight excluding hydrogens is 246 g/mol. The summed E-state index contributed by atoms with van der Waals surface area (Å²) in [5.41, 5.74) is 8.01. The van der Waals surface area contributed by atoms with Gasteiger partial charge in [-0.2, -0.15) is 0 Å². The maximum Gasteiger partial charge on any atom is 0.123 e. The number of likely N-dealkylation sites (N-methyl/N-ethyl adjacent to an activating group) is 1. The zero-order valence-electron chi connectivity index (χ0n) is 10.2. The van der Waals surface area contributed by atoms with Crippen LogP contribution in [0.3, 0.4) is 0 Å². The van der Waals surface area contributed by atoms with Gasteiger partial charge in [-0.3, -0.25) is 0 Å². The predicted octanol–water partition coefficient (Wildman–Crippen LogP) is 2.82. The lowest BCUT2D eigenvalue weighted by Gasteiger charge is -2.17. The van der Waals surface area contributed by atoms with E-state index in [1.165, 1.54) is 5.56 Å². The maximum absolute atomic E-state index is 6.02. The van der Waals surface area contributed by atoms with Crippen LogP contribution in [0.25, 0.3) is 0 Å². The summed E-state index contributed by atoms with van der Waals surface area (Å²) in [5.74, 6) is 0.549. The van der Waals surface area contributed by atoms with Gasteiger partial charge in [0.2, 0.25) is 0 Å². The summed E-state index contributed by atoms with van der Waals surface area (Å²) in [4.78, 5) is 4.00. The van der Waals surface area contributed by atoms with Gasteiger partial charge in [-0.15, -0.1) is 0 Å². The van der Waals surface area contributed by atoms with Crippen molar-refractivity contribution in [1.29, 1.82) is 0 Å². The SMILES string of the molecule is CNC(Cc1ccnc(N)c1)c1cccc(Cl)c1. The highest BCUT2D eigenvalue weighted by atomic mass is 35.5. The Hall–Kier alpha value is -1.58. The lowest BCUT2D eigenvalue weighted by molar-refractivity contribution is 0.592. The lowest BCUT2D eigenvalue weighted by Crippen LogP contribution is -2.18. The highest BCUT2D eigenvalue weighted by Gasteiger charge is 2.10. The van der Waals surface area contributed by atoms with E-state index in [1.54, 1.807) is 6.20 Å². The number of halogens is 1. The molecule has 0 aliphatic heterocycles. The lowest BCUT2D eigenvalue weighted by atomic mass is 9.99. The van der Waals surface area contributed by atoms with E-state index in [-0.39, 0.29) is 6.04 Å². The molecule has 0 aliphatic carbocycles. The second-order valence-corrected chi connectivity index (χ2v) is 4.63. The summed E-state index contributed by atoms with van der Waals surface area (Å²) in [6.07, 6.45) is 2.58.